The van der Waals surface area contributed by atoms with Gasteiger partial charge in [-0.15, -0.1) is 0 Å². The second-order valence-corrected chi connectivity index (χ2v) is 5.56. The van der Waals surface area contributed by atoms with Crippen molar-refractivity contribution < 1.29 is 9.18 Å². The van der Waals surface area contributed by atoms with Crippen molar-refractivity contribution in [2.45, 2.75) is 13.8 Å². The van der Waals surface area contributed by atoms with Gasteiger partial charge in [-0.2, -0.15) is 0 Å². The van der Waals surface area contributed by atoms with Crippen molar-refractivity contribution in [3.63, 3.8) is 0 Å². The van der Waals surface area contributed by atoms with Crippen LogP contribution in [0.2, 0.25) is 5.02 Å². The summed E-state index contributed by atoms with van der Waals surface area (Å²) in [5, 5.41) is 5.61. The molecule has 22 heavy (non-hydrogen) atoms. The fourth-order valence-electron chi connectivity index (χ4n) is 1.61. The molecule has 0 aliphatic rings. The number of nitrogens with zero attached hydrogens (tertiary/aromatic N) is 2. The predicted molar refractivity (Wildman–Crippen MR) is 84.7 cm³/mol. The molecule has 2 N–H and O–H groups in total. The minimum atomic E-state index is -0.538. The van der Waals surface area contributed by atoms with E-state index in [1.807, 2.05) is 0 Å². The Hall–Kier alpha value is -2.21. The topological polar surface area (TPSA) is 66.9 Å². The first kappa shape index (κ1) is 16.2. The van der Waals surface area contributed by atoms with Gasteiger partial charge in [0.1, 0.15) is 5.82 Å². The Labute approximate surface area is 132 Å². The Morgan fingerprint density at radius 2 is 2.00 bits per heavy atom. The van der Waals surface area contributed by atoms with Crippen LogP contribution in [0.25, 0.3) is 0 Å². The number of anilines is 2. The minimum absolute atomic E-state index is 0.0534. The van der Waals surface area contributed by atoms with Gasteiger partial charge in [0.2, 0.25) is 5.95 Å². The van der Waals surface area contributed by atoms with Crippen molar-refractivity contribution in [1.82, 2.24) is 9.97 Å². The Bertz CT molecular complexity index is 661. The third kappa shape index (κ3) is 4.39. The Morgan fingerprint density at radius 3 is 2.59 bits per heavy atom. The van der Waals surface area contributed by atoms with Crippen LogP contribution in [0.1, 0.15) is 24.2 Å². The highest BCUT2D eigenvalue weighted by atomic mass is 35.5. The zero-order chi connectivity index (χ0) is 16.1. The number of nitrogens with one attached hydrogen (secondary N) is 2. The highest BCUT2D eigenvalue weighted by Gasteiger charge is 2.09. The van der Waals surface area contributed by atoms with Crippen molar-refractivity contribution >= 4 is 29.1 Å². The minimum Gasteiger partial charge on any atom is -0.354 e. The molecule has 0 spiro atoms. The predicted octanol–water partition coefficient (Wildman–Crippen LogP) is 3.59. The van der Waals surface area contributed by atoms with Gasteiger partial charge < -0.3 is 10.6 Å². The first-order valence-electron chi connectivity index (χ1n) is 6.78. The van der Waals surface area contributed by atoms with Crippen LogP contribution in [0.4, 0.5) is 16.0 Å². The molecule has 1 aromatic carbocycles. The molecule has 0 fully saturated rings. The lowest BCUT2D eigenvalue weighted by atomic mass is 10.2. The number of halogens is 2. The summed E-state index contributed by atoms with van der Waals surface area (Å²) in [6, 6.07) is 3.96. The van der Waals surface area contributed by atoms with Crippen LogP contribution in [0.5, 0.6) is 0 Å². The second-order valence-electron chi connectivity index (χ2n) is 5.15. The zero-order valence-electron chi connectivity index (χ0n) is 12.2. The van der Waals surface area contributed by atoms with Crippen LogP contribution in [-0.4, -0.2) is 22.4 Å². The molecular formula is C15H16ClFN4O. The van der Waals surface area contributed by atoms with Gasteiger partial charge in [0.05, 0.1) is 10.6 Å². The molecule has 116 valence electrons. The van der Waals surface area contributed by atoms with E-state index in [1.54, 1.807) is 0 Å². The largest absolute Gasteiger partial charge is 0.354 e. The quantitative estimate of drug-likeness (QED) is 0.882. The smallest absolute Gasteiger partial charge is 0.258 e. The Kier molecular flexibility index (Phi) is 5.27. The summed E-state index contributed by atoms with van der Waals surface area (Å²) in [5.41, 5.74) is 0.703. The summed E-state index contributed by atoms with van der Waals surface area (Å²) in [6.07, 6.45) is 2.85. The fraction of sp³-hybridized carbons (Fsp3) is 0.267. The molecule has 5 nitrogen and oxygen atoms in total. The van der Waals surface area contributed by atoms with Gasteiger partial charge in [0, 0.05) is 24.6 Å². The van der Waals surface area contributed by atoms with Crippen molar-refractivity contribution in [3.05, 3.63) is 47.0 Å². The standard InChI is InChI=1S/C15H16ClFN4O/c1-9(2)6-18-15-19-7-10(8-20-15)14(22)21-11-3-4-13(17)12(16)5-11/h3-5,7-9H,6H2,1-2H3,(H,21,22)(H,18,19,20). The van der Waals surface area contributed by atoms with Gasteiger partial charge in [0.15, 0.2) is 0 Å². The number of hydrogen-bond acceptors (Lipinski definition) is 4. The maximum atomic E-state index is 13.1. The average molecular weight is 323 g/mol. The first-order valence-corrected chi connectivity index (χ1v) is 7.16. The molecule has 0 unspecified atom stereocenters. The van der Waals surface area contributed by atoms with Crippen LogP contribution in [0.15, 0.2) is 30.6 Å². The van der Waals surface area contributed by atoms with Gasteiger partial charge >= 0.3 is 0 Å². The number of rotatable bonds is 5. The summed E-state index contributed by atoms with van der Waals surface area (Å²) in [7, 11) is 0. The molecule has 0 radical (unpaired) electrons. The number of amides is 1. The van der Waals surface area contributed by atoms with E-state index in [0.29, 0.717) is 23.1 Å². The van der Waals surface area contributed by atoms with Crippen molar-refractivity contribution in [2.24, 2.45) is 5.92 Å². The van der Waals surface area contributed by atoms with Gasteiger partial charge in [-0.05, 0) is 24.1 Å². The zero-order valence-corrected chi connectivity index (χ0v) is 13.0. The van der Waals surface area contributed by atoms with Crippen molar-refractivity contribution in [3.8, 4) is 0 Å². The van der Waals surface area contributed by atoms with E-state index >= 15 is 0 Å². The fourth-order valence-corrected chi connectivity index (χ4v) is 1.79. The molecule has 0 bridgehead atoms. The van der Waals surface area contributed by atoms with Gasteiger partial charge in [-0.25, -0.2) is 14.4 Å². The van der Waals surface area contributed by atoms with Crippen LogP contribution < -0.4 is 10.6 Å². The number of benzene rings is 1. The highest BCUT2D eigenvalue weighted by Crippen LogP contribution is 2.19. The Balaban J connectivity index is 2.01. The number of aromatic nitrogens is 2. The molecule has 0 saturated carbocycles. The van der Waals surface area contributed by atoms with Crippen LogP contribution in [0, 0.1) is 11.7 Å². The molecular weight excluding hydrogens is 307 g/mol. The maximum absolute atomic E-state index is 13.1. The molecule has 0 saturated heterocycles. The van der Waals surface area contributed by atoms with E-state index in [2.05, 4.69) is 34.4 Å². The lowest BCUT2D eigenvalue weighted by Crippen LogP contribution is -2.14. The highest BCUT2D eigenvalue weighted by molar-refractivity contribution is 6.31. The summed E-state index contributed by atoms with van der Waals surface area (Å²) in [6.45, 7) is 4.89. The molecule has 0 aliphatic carbocycles. The van der Waals surface area contributed by atoms with Crippen LogP contribution in [-0.2, 0) is 0 Å². The van der Waals surface area contributed by atoms with E-state index in [-0.39, 0.29) is 5.02 Å². The molecule has 1 heterocycles. The van der Waals surface area contributed by atoms with Gasteiger partial charge in [-0.3, -0.25) is 4.79 Å². The third-order valence-corrected chi connectivity index (χ3v) is 3.05. The van der Waals surface area contributed by atoms with E-state index in [0.717, 1.165) is 6.54 Å². The Morgan fingerprint density at radius 1 is 1.32 bits per heavy atom. The van der Waals surface area contributed by atoms with Crippen LogP contribution >= 0.6 is 11.6 Å². The second kappa shape index (κ2) is 7.17. The monoisotopic (exact) mass is 322 g/mol. The third-order valence-electron chi connectivity index (χ3n) is 2.76. The molecule has 1 amide bonds. The summed E-state index contributed by atoms with van der Waals surface area (Å²) < 4.78 is 13.1. The number of hydrogen-bond donors (Lipinski definition) is 2. The lowest BCUT2D eigenvalue weighted by Gasteiger charge is -2.08. The van der Waals surface area contributed by atoms with E-state index in [4.69, 9.17) is 11.6 Å². The van der Waals surface area contributed by atoms with Gasteiger partial charge in [0.25, 0.3) is 5.91 Å². The SMILES string of the molecule is CC(C)CNc1ncc(C(=O)Nc2ccc(F)c(Cl)c2)cn1. The maximum Gasteiger partial charge on any atom is 0.258 e. The molecule has 7 heteroatoms. The van der Waals surface area contributed by atoms with E-state index in [1.165, 1.54) is 30.6 Å². The number of carbonyl (C=O) groups is 1. The van der Waals surface area contributed by atoms with E-state index < -0.39 is 11.7 Å². The summed E-state index contributed by atoms with van der Waals surface area (Å²) >= 11 is 5.67. The average Bonchev–Trinajstić information content (AvgIpc) is 2.49. The molecule has 2 rings (SSSR count). The molecule has 0 aliphatic heterocycles. The first-order chi connectivity index (χ1) is 10.5. The van der Waals surface area contributed by atoms with Gasteiger partial charge in [-0.1, -0.05) is 25.4 Å². The van der Waals surface area contributed by atoms with Crippen LogP contribution in [0.3, 0.4) is 0 Å². The van der Waals surface area contributed by atoms with Crippen molar-refractivity contribution in [1.29, 1.82) is 0 Å². The normalized spacial score (nSPS) is 10.6. The lowest BCUT2D eigenvalue weighted by molar-refractivity contribution is 0.102. The van der Waals surface area contributed by atoms with Crippen molar-refractivity contribution in [2.75, 3.05) is 17.2 Å². The molecule has 1 aromatic heterocycles. The summed E-state index contributed by atoms with van der Waals surface area (Å²) in [5.74, 6) is 0.00606. The molecule has 2 aromatic rings. The van der Waals surface area contributed by atoms with E-state index in [9.17, 15) is 9.18 Å². The molecule has 0 atom stereocenters. The number of carbonyl (C=O) groups excluding carboxylic acids is 1. The summed E-state index contributed by atoms with van der Waals surface area (Å²) in [4.78, 5) is 20.2.